The number of hydrogen-bond donors (Lipinski definition) is 1. The highest BCUT2D eigenvalue weighted by Gasteiger charge is 2.26. The zero-order chi connectivity index (χ0) is 17.7. The first-order chi connectivity index (χ1) is 11.4. The molecule has 0 amide bonds. The lowest BCUT2D eigenvalue weighted by Gasteiger charge is -2.19. The molecule has 0 saturated carbocycles. The van der Waals surface area contributed by atoms with Crippen molar-refractivity contribution in [3.05, 3.63) is 70.7 Å². The average Bonchev–Trinajstić information content (AvgIpc) is 2.94. The van der Waals surface area contributed by atoms with Crippen molar-refractivity contribution < 1.29 is 0 Å². The number of aromatic nitrogens is 1. The molecule has 1 aromatic rings. The number of nitrogens with zero attached hydrogens (tertiary/aromatic N) is 3. The van der Waals surface area contributed by atoms with E-state index in [4.69, 9.17) is 10.7 Å². The molecule has 1 aliphatic rings. The van der Waals surface area contributed by atoms with Crippen LogP contribution in [0.15, 0.2) is 75.7 Å². The van der Waals surface area contributed by atoms with Gasteiger partial charge in [0.1, 0.15) is 0 Å². The van der Waals surface area contributed by atoms with Gasteiger partial charge in [-0.3, -0.25) is 9.98 Å². The summed E-state index contributed by atoms with van der Waals surface area (Å²) in [6.45, 7) is 15.2. The summed E-state index contributed by atoms with van der Waals surface area (Å²) < 4.78 is 0. The largest absolute Gasteiger partial charge is 0.394 e. The van der Waals surface area contributed by atoms with Crippen LogP contribution in [0.3, 0.4) is 0 Å². The van der Waals surface area contributed by atoms with Crippen LogP contribution < -0.4 is 10.6 Å². The van der Waals surface area contributed by atoms with Gasteiger partial charge in [-0.25, -0.2) is 0 Å². The molecule has 2 rings (SSSR count). The molecule has 5 heteroatoms. The fourth-order valence-electron chi connectivity index (χ4n) is 2.49. The van der Waals surface area contributed by atoms with Crippen LogP contribution in [0, 0.1) is 0 Å². The Labute approximate surface area is 148 Å². The average molecular weight is 340 g/mol. The van der Waals surface area contributed by atoms with Crippen LogP contribution in [0.1, 0.15) is 27.2 Å². The quantitative estimate of drug-likeness (QED) is 0.796. The predicted molar refractivity (Wildman–Crippen MR) is 106 cm³/mol. The smallest absolute Gasteiger partial charge is 0.0815 e. The van der Waals surface area contributed by atoms with E-state index in [-0.39, 0.29) is 0 Å². The van der Waals surface area contributed by atoms with Crippen molar-refractivity contribution in [2.75, 3.05) is 11.4 Å². The van der Waals surface area contributed by atoms with E-state index in [2.05, 4.69) is 23.0 Å². The maximum atomic E-state index is 5.95. The Morgan fingerprint density at radius 3 is 2.79 bits per heavy atom. The van der Waals surface area contributed by atoms with Crippen molar-refractivity contribution in [1.29, 1.82) is 0 Å². The molecule has 1 aromatic heterocycles. The van der Waals surface area contributed by atoms with Gasteiger partial charge in [-0.2, -0.15) is 0 Å². The Bertz CT molecular complexity index is 725. The van der Waals surface area contributed by atoms with Gasteiger partial charge in [0, 0.05) is 34.6 Å². The van der Waals surface area contributed by atoms with Crippen molar-refractivity contribution in [3.8, 4) is 0 Å². The molecule has 1 saturated heterocycles. The monoisotopic (exact) mass is 340 g/mol. The summed E-state index contributed by atoms with van der Waals surface area (Å²) in [5.74, 6) is 0. The maximum Gasteiger partial charge on any atom is 0.0815 e. The van der Waals surface area contributed by atoms with Gasteiger partial charge in [0.2, 0.25) is 0 Å². The molecule has 2 heterocycles. The van der Waals surface area contributed by atoms with Gasteiger partial charge in [-0.05, 0) is 39.3 Å². The molecule has 0 aromatic carbocycles. The Balaban J connectivity index is 2.39. The van der Waals surface area contributed by atoms with Crippen LogP contribution >= 0.6 is 11.8 Å². The van der Waals surface area contributed by atoms with Crippen molar-refractivity contribution in [1.82, 2.24) is 4.98 Å². The number of aliphatic imine (C=N–C) groups is 1. The lowest BCUT2D eigenvalue weighted by atomic mass is 10.1. The van der Waals surface area contributed by atoms with E-state index in [9.17, 15) is 0 Å². The number of hydrogen-bond acceptors (Lipinski definition) is 5. The molecule has 0 unspecified atom stereocenters. The first-order valence-corrected chi connectivity index (χ1v) is 8.66. The highest BCUT2D eigenvalue weighted by atomic mass is 32.2. The number of pyridine rings is 1. The van der Waals surface area contributed by atoms with Gasteiger partial charge in [-0.1, -0.05) is 31.0 Å². The van der Waals surface area contributed by atoms with Crippen LogP contribution in [-0.4, -0.2) is 17.2 Å². The zero-order valence-corrected chi connectivity index (χ0v) is 15.4. The molecular weight excluding hydrogens is 316 g/mol. The molecular formula is C19H24N4S. The fourth-order valence-corrected chi connectivity index (χ4v) is 3.16. The topological polar surface area (TPSA) is 54.5 Å². The molecule has 0 aliphatic carbocycles. The minimum Gasteiger partial charge on any atom is -0.394 e. The molecule has 0 spiro atoms. The fraction of sp³-hybridized carbons (Fsp3) is 0.263. The van der Waals surface area contributed by atoms with Crippen LogP contribution in [0.25, 0.3) is 0 Å². The third-order valence-electron chi connectivity index (χ3n) is 3.63. The standard InChI is InChI=1S/C19H24N4S/c1-6-18(20)24-15(5)19(22-13(2)3)17-9-11-23(14(17)4)16-8-7-10-21-12-16/h6-8,10,12H,4-5,9,11,20H2,1-3H3/b18-6-,19-17-. The van der Waals surface area contributed by atoms with Gasteiger partial charge >= 0.3 is 0 Å². The van der Waals surface area contributed by atoms with Crippen molar-refractivity contribution in [2.24, 2.45) is 10.7 Å². The van der Waals surface area contributed by atoms with Crippen LogP contribution in [0.5, 0.6) is 0 Å². The van der Waals surface area contributed by atoms with Crippen molar-refractivity contribution in [2.45, 2.75) is 27.2 Å². The summed E-state index contributed by atoms with van der Waals surface area (Å²) in [5.41, 5.74) is 10.9. The second-order valence-electron chi connectivity index (χ2n) is 5.66. The van der Waals surface area contributed by atoms with Gasteiger partial charge < -0.3 is 10.6 Å². The van der Waals surface area contributed by atoms with E-state index >= 15 is 0 Å². The lowest BCUT2D eigenvalue weighted by molar-refractivity contribution is 0.994. The molecule has 4 nitrogen and oxygen atoms in total. The van der Waals surface area contributed by atoms with Crippen molar-refractivity contribution in [3.63, 3.8) is 0 Å². The summed E-state index contributed by atoms with van der Waals surface area (Å²) in [7, 11) is 0. The molecule has 1 aliphatic heterocycles. The first kappa shape index (κ1) is 18.1. The number of anilines is 1. The van der Waals surface area contributed by atoms with Crippen LogP contribution in [-0.2, 0) is 0 Å². The Morgan fingerprint density at radius 1 is 1.46 bits per heavy atom. The number of allylic oxidation sites excluding steroid dienone is 2. The van der Waals surface area contributed by atoms with E-state index in [0.717, 1.165) is 51.3 Å². The van der Waals surface area contributed by atoms with Gasteiger partial charge in [0.15, 0.2) is 0 Å². The molecule has 0 bridgehead atoms. The normalized spacial score (nSPS) is 17.0. The second-order valence-corrected chi connectivity index (χ2v) is 6.83. The van der Waals surface area contributed by atoms with E-state index in [1.165, 1.54) is 11.8 Å². The summed E-state index contributed by atoms with van der Waals surface area (Å²) in [4.78, 5) is 11.9. The predicted octanol–water partition coefficient (Wildman–Crippen LogP) is 4.61. The minimum absolute atomic E-state index is 0.717. The van der Waals surface area contributed by atoms with Crippen LogP contribution in [0.4, 0.5) is 5.69 Å². The van der Waals surface area contributed by atoms with E-state index in [0.29, 0.717) is 0 Å². The summed E-state index contributed by atoms with van der Waals surface area (Å²) in [5, 5.41) is 0.717. The maximum absolute atomic E-state index is 5.95. The third kappa shape index (κ3) is 4.17. The van der Waals surface area contributed by atoms with Gasteiger partial charge in [0.05, 0.1) is 22.6 Å². The SMILES string of the molecule is C=C(S/C(N)=C\C)/C(N=C(C)C)=C1\CCN(c2cccnc2)C1=C. The molecule has 24 heavy (non-hydrogen) atoms. The second kappa shape index (κ2) is 8.02. The highest BCUT2D eigenvalue weighted by Crippen LogP contribution is 2.38. The van der Waals surface area contributed by atoms with Crippen LogP contribution in [0.2, 0.25) is 0 Å². The van der Waals surface area contributed by atoms with E-state index in [1.54, 1.807) is 6.20 Å². The Hall–Kier alpha value is -2.27. The highest BCUT2D eigenvalue weighted by molar-refractivity contribution is 8.06. The molecule has 2 N–H and O–H groups in total. The summed E-state index contributed by atoms with van der Waals surface area (Å²) in [6, 6.07) is 3.97. The van der Waals surface area contributed by atoms with Gasteiger partial charge in [0.25, 0.3) is 0 Å². The minimum atomic E-state index is 0.717. The summed E-state index contributed by atoms with van der Waals surface area (Å²) >= 11 is 1.44. The molecule has 0 atom stereocenters. The lowest BCUT2D eigenvalue weighted by Crippen LogP contribution is -2.15. The Morgan fingerprint density at radius 2 is 2.21 bits per heavy atom. The molecule has 0 radical (unpaired) electrons. The van der Waals surface area contributed by atoms with E-state index in [1.807, 2.05) is 45.2 Å². The third-order valence-corrected chi connectivity index (χ3v) is 4.54. The molecule has 126 valence electrons. The van der Waals surface area contributed by atoms with Gasteiger partial charge in [-0.15, -0.1) is 0 Å². The zero-order valence-electron chi connectivity index (χ0n) is 14.5. The first-order valence-electron chi connectivity index (χ1n) is 7.84. The summed E-state index contributed by atoms with van der Waals surface area (Å²) in [6.07, 6.45) is 6.36. The molecule has 1 fully saturated rings. The van der Waals surface area contributed by atoms with E-state index < -0.39 is 0 Å². The number of rotatable bonds is 5. The number of thioether (sulfide) groups is 1. The Kier molecular flexibility index (Phi) is 6.04. The van der Waals surface area contributed by atoms with Crippen molar-refractivity contribution >= 4 is 23.2 Å². The number of nitrogens with two attached hydrogens (primary N) is 1.